The van der Waals surface area contributed by atoms with Gasteiger partial charge in [0, 0.05) is 23.5 Å². The van der Waals surface area contributed by atoms with Crippen LogP contribution in [0.3, 0.4) is 0 Å². The average molecular weight is 406 g/mol. The number of carbonyl (C=O) groups excluding carboxylic acids is 1. The van der Waals surface area contributed by atoms with Crippen molar-refractivity contribution in [3.05, 3.63) is 76.8 Å². The van der Waals surface area contributed by atoms with Crippen molar-refractivity contribution in [2.45, 2.75) is 18.3 Å². The Bertz CT molecular complexity index is 931. The lowest BCUT2D eigenvalue weighted by atomic mass is 10.2. The summed E-state index contributed by atoms with van der Waals surface area (Å²) in [6, 6.07) is 13.2. The van der Waals surface area contributed by atoms with E-state index in [0.29, 0.717) is 28.1 Å². The summed E-state index contributed by atoms with van der Waals surface area (Å²) in [5.41, 5.74) is 1.95. The van der Waals surface area contributed by atoms with Gasteiger partial charge >= 0.3 is 0 Å². The lowest BCUT2D eigenvalue weighted by molar-refractivity contribution is -0.113. The molecule has 0 fully saturated rings. The second-order valence-electron chi connectivity index (χ2n) is 5.77. The molecule has 0 spiro atoms. The van der Waals surface area contributed by atoms with Crippen molar-refractivity contribution in [1.29, 1.82) is 0 Å². The molecule has 5 nitrogen and oxygen atoms in total. The van der Waals surface area contributed by atoms with Crippen molar-refractivity contribution >= 4 is 35.0 Å². The Kier molecular flexibility index (Phi) is 6.49. The van der Waals surface area contributed by atoms with Crippen LogP contribution >= 0.6 is 23.4 Å². The summed E-state index contributed by atoms with van der Waals surface area (Å²) in [4.78, 5) is 16.5. The summed E-state index contributed by atoms with van der Waals surface area (Å²) in [7, 11) is 0. The van der Waals surface area contributed by atoms with Gasteiger partial charge in [-0.2, -0.15) is 0 Å². The summed E-state index contributed by atoms with van der Waals surface area (Å²) in [5, 5.41) is 13.3. The third-order valence-electron chi connectivity index (χ3n) is 3.66. The van der Waals surface area contributed by atoms with E-state index in [1.54, 1.807) is 24.4 Å². The number of amides is 1. The standard InChI is InChI=1S/C19H17ClFN3O2S/c20-14-6-4-13(5-7-14)9-24-10-17(11-25)23-19(24)27-12-18(26)22-16-3-1-2-15(21)8-16/h1-8,10,25H,9,11-12H2,(H,22,26). The van der Waals surface area contributed by atoms with Gasteiger partial charge in [0.05, 0.1) is 18.1 Å². The van der Waals surface area contributed by atoms with Gasteiger partial charge in [0.2, 0.25) is 5.91 Å². The average Bonchev–Trinajstić information content (AvgIpc) is 3.04. The molecular weight excluding hydrogens is 389 g/mol. The van der Waals surface area contributed by atoms with E-state index in [4.69, 9.17) is 11.6 Å². The fourth-order valence-electron chi connectivity index (χ4n) is 2.44. The molecule has 2 N–H and O–H groups in total. The van der Waals surface area contributed by atoms with Gasteiger partial charge in [-0.15, -0.1) is 0 Å². The highest BCUT2D eigenvalue weighted by molar-refractivity contribution is 7.99. The van der Waals surface area contributed by atoms with E-state index < -0.39 is 5.82 Å². The first-order chi connectivity index (χ1) is 13.0. The number of nitrogens with zero attached hydrogens (tertiary/aromatic N) is 2. The molecule has 3 aromatic rings. The molecule has 0 saturated heterocycles. The van der Waals surface area contributed by atoms with Crippen LogP contribution in [-0.4, -0.2) is 26.3 Å². The molecule has 1 amide bonds. The molecule has 1 heterocycles. The molecule has 0 radical (unpaired) electrons. The van der Waals surface area contributed by atoms with E-state index in [2.05, 4.69) is 10.3 Å². The normalized spacial score (nSPS) is 10.8. The smallest absolute Gasteiger partial charge is 0.234 e. The Balaban J connectivity index is 1.66. The van der Waals surface area contributed by atoms with Gasteiger partial charge in [0.1, 0.15) is 5.82 Å². The van der Waals surface area contributed by atoms with Crippen LogP contribution in [0.25, 0.3) is 0 Å². The molecule has 0 unspecified atom stereocenters. The monoisotopic (exact) mass is 405 g/mol. The molecule has 0 atom stereocenters. The van der Waals surface area contributed by atoms with E-state index in [0.717, 1.165) is 5.56 Å². The second-order valence-corrected chi connectivity index (χ2v) is 7.15. The van der Waals surface area contributed by atoms with Crippen molar-refractivity contribution in [3.63, 3.8) is 0 Å². The first-order valence-electron chi connectivity index (χ1n) is 8.13. The lowest BCUT2D eigenvalue weighted by Crippen LogP contribution is -2.14. The minimum absolute atomic E-state index is 0.110. The number of rotatable bonds is 7. The molecule has 0 aliphatic heterocycles. The minimum atomic E-state index is -0.411. The molecule has 3 rings (SSSR count). The van der Waals surface area contributed by atoms with Crippen molar-refractivity contribution in [2.75, 3.05) is 11.1 Å². The molecule has 27 heavy (non-hydrogen) atoms. The van der Waals surface area contributed by atoms with E-state index in [-0.39, 0.29) is 18.3 Å². The maximum Gasteiger partial charge on any atom is 0.234 e. The Hall–Kier alpha value is -2.35. The van der Waals surface area contributed by atoms with Gasteiger partial charge < -0.3 is 15.0 Å². The van der Waals surface area contributed by atoms with Crippen LogP contribution in [-0.2, 0) is 17.9 Å². The number of aliphatic hydroxyl groups is 1. The van der Waals surface area contributed by atoms with Crippen LogP contribution in [0.5, 0.6) is 0 Å². The van der Waals surface area contributed by atoms with Crippen molar-refractivity contribution < 1.29 is 14.3 Å². The highest BCUT2D eigenvalue weighted by Crippen LogP contribution is 2.21. The number of anilines is 1. The van der Waals surface area contributed by atoms with Crippen LogP contribution in [0.4, 0.5) is 10.1 Å². The maximum atomic E-state index is 13.2. The maximum absolute atomic E-state index is 13.2. The summed E-state index contributed by atoms with van der Waals surface area (Å²) in [6.07, 6.45) is 1.75. The van der Waals surface area contributed by atoms with Gasteiger partial charge in [0.25, 0.3) is 0 Å². The van der Waals surface area contributed by atoms with E-state index >= 15 is 0 Å². The van der Waals surface area contributed by atoms with Gasteiger partial charge in [0.15, 0.2) is 5.16 Å². The number of imidazole rings is 1. The van der Waals surface area contributed by atoms with E-state index in [1.165, 1.54) is 30.0 Å². The molecule has 2 aromatic carbocycles. The number of carbonyl (C=O) groups is 1. The third-order valence-corrected chi connectivity index (χ3v) is 4.90. The number of nitrogens with one attached hydrogen (secondary N) is 1. The molecule has 0 saturated carbocycles. The highest BCUT2D eigenvalue weighted by atomic mass is 35.5. The number of hydrogen-bond acceptors (Lipinski definition) is 4. The SMILES string of the molecule is O=C(CSc1nc(CO)cn1Cc1ccc(Cl)cc1)Nc1cccc(F)c1. The zero-order chi connectivity index (χ0) is 19.2. The molecular formula is C19H17ClFN3O2S. The highest BCUT2D eigenvalue weighted by Gasteiger charge is 2.12. The summed E-state index contributed by atoms with van der Waals surface area (Å²) < 4.78 is 15.1. The third kappa shape index (κ3) is 5.56. The molecule has 0 bridgehead atoms. The van der Waals surface area contributed by atoms with Crippen LogP contribution < -0.4 is 5.32 Å². The van der Waals surface area contributed by atoms with Gasteiger partial charge in [-0.25, -0.2) is 9.37 Å². The zero-order valence-electron chi connectivity index (χ0n) is 14.2. The van der Waals surface area contributed by atoms with Gasteiger partial charge in [-0.05, 0) is 35.9 Å². The predicted molar refractivity (Wildman–Crippen MR) is 104 cm³/mol. The van der Waals surface area contributed by atoms with Crippen molar-refractivity contribution in [1.82, 2.24) is 9.55 Å². The quantitative estimate of drug-likeness (QED) is 0.584. The zero-order valence-corrected chi connectivity index (χ0v) is 15.8. The van der Waals surface area contributed by atoms with Crippen LogP contribution in [0.1, 0.15) is 11.3 Å². The Labute approximate surface area is 165 Å². The Morgan fingerprint density at radius 3 is 2.74 bits per heavy atom. The first-order valence-corrected chi connectivity index (χ1v) is 9.49. The van der Waals surface area contributed by atoms with Crippen molar-refractivity contribution in [2.24, 2.45) is 0 Å². The molecule has 8 heteroatoms. The molecule has 0 aliphatic rings. The van der Waals surface area contributed by atoms with Gasteiger partial charge in [-0.3, -0.25) is 4.79 Å². The van der Waals surface area contributed by atoms with Crippen LogP contribution in [0.15, 0.2) is 59.9 Å². The Morgan fingerprint density at radius 2 is 2.04 bits per heavy atom. The number of thioether (sulfide) groups is 1. The second kappa shape index (κ2) is 9.03. The summed E-state index contributed by atoms with van der Waals surface area (Å²) >= 11 is 7.16. The minimum Gasteiger partial charge on any atom is -0.390 e. The van der Waals surface area contributed by atoms with Gasteiger partial charge in [-0.1, -0.05) is 41.6 Å². The summed E-state index contributed by atoms with van der Waals surface area (Å²) in [5.74, 6) is -0.567. The number of aliphatic hydroxyl groups excluding tert-OH is 1. The van der Waals surface area contributed by atoms with E-state index in [1.807, 2.05) is 16.7 Å². The van der Waals surface area contributed by atoms with Crippen molar-refractivity contribution in [3.8, 4) is 0 Å². The summed E-state index contributed by atoms with van der Waals surface area (Å²) in [6.45, 7) is 0.356. The number of halogens is 2. The largest absolute Gasteiger partial charge is 0.390 e. The fraction of sp³-hybridized carbons (Fsp3) is 0.158. The number of aromatic nitrogens is 2. The lowest BCUT2D eigenvalue weighted by Gasteiger charge is -2.08. The topological polar surface area (TPSA) is 67.1 Å². The van der Waals surface area contributed by atoms with Crippen LogP contribution in [0, 0.1) is 5.82 Å². The molecule has 0 aliphatic carbocycles. The fourth-order valence-corrected chi connectivity index (χ4v) is 3.36. The molecule has 1 aromatic heterocycles. The first kappa shape index (κ1) is 19.4. The van der Waals surface area contributed by atoms with E-state index in [9.17, 15) is 14.3 Å². The predicted octanol–water partition coefficient (Wildman–Crippen LogP) is 3.95. The number of benzene rings is 2. The van der Waals surface area contributed by atoms with Crippen LogP contribution in [0.2, 0.25) is 5.02 Å². The number of hydrogen-bond donors (Lipinski definition) is 2. The molecule has 140 valence electrons. The Morgan fingerprint density at radius 1 is 1.26 bits per heavy atom.